The van der Waals surface area contributed by atoms with Crippen molar-refractivity contribution < 1.29 is 24.6 Å². The quantitative estimate of drug-likeness (QED) is 0.347. The summed E-state index contributed by atoms with van der Waals surface area (Å²) in [5.74, 6) is -2.77. The van der Waals surface area contributed by atoms with Crippen molar-refractivity contribution in [2.75, 3.05) is 0 Å². The number of aliphatic carboxylic acids is 2. The normalized spacial score (nSPS) is 11.5. The highest BCUT2D eigenvalue weighted by atomic mass is 16.4. The van der Waals surface area contributed by atoms with Crippen LogP contribution in [0.5, 0.6) is 0 Å². The van der Waals surface area contributed by atoms with Crippen molar-refractivity contribution in [3.8, 4) is 0 Å². The summed E-state index contributed by atoms with van der Waals surface area (Å²) in [4.78, 5) is 30.0. The molecule has 0 spiro atoms. The smallest absolute Gasteiger partial charge is 0.335 e. The zero-order valence-electron chi connectivity index (χ0n) is 5.93. The zero-order chi connectivity index (χ0) is 9.56. The first-order chi connectivity index (χ1) is 5.57. The predicted octanol–water partition coefficient (Wildman–Crippen LogP) is -0.163. The molecule has 5 nitrogen and oxygen atoms in total. The summed E-state index contributed by atoms with van der Waals surface area (Å²) in [5, 5.41) is 16.5. The SMILES string of the molecule is O=CC=CC(=CC(=O)O)C(=O)O. The van der Waals surface area contributed by atoms with Crippen LogP contribution in [0, 0.1) is 0 Å². The Labute approximate surface area is 67.6 Å². The van der Waals surface area contributed by atoms with Crippen molar-refractivity contribution in [3.05, 3.63) is 23.8 Å². The third-order valence-electron chi connectivity index (χ3n) is 0.880. The molecule has 0 aromatic carbocycles. The van der Waals surface area contributed by atoms with Crippen molar-refractivity contribution in [2.45, 2.75) is 0 Å². The van der Waals surface area contributed by atoms with E-state index in [-0.39, 0.29) is 0 Å². The third kappa shape index (κ3) is 3.99. The Hall–Kier alpha value is -1.91. The van der Waals surface area contributed by atoms with Crippen LogP contribution in [0.3, 0.4) is 0 Å². The van der Waals surface area contributed by atoms with Gasteiger partial charge in [0, 0.05) is 6.08 Å². The summed E-state index contributed by atoms with van der Waals surface area (Å²) in [6, 6.07) is 0. The van der Waals surface area contributed by atoms with E-state index < -0.39 is 17.5 Å². The highest BCUT2D eigenvalue weighted by Crippen LogP contribution is 1.95. The van der Waals surface area contributed by atoms with Gasteiger partial charge in [-0.3, -0.25) is 4.79 Å². The first kappa shape index (κ1) is 10.1. The first-order valence-electron chi connectivity index (χ1n) is 2.87. The third-order valence-corrected chi connectivity index (χ3v) is 0.880. The summed E-state index contributed by atoms with van der Waals surface area (Å²) < 4.78 is 0. The van der Waals surface area contributed by atoms with Gasteiger partial charge in [0.15, 0.2) is 0 Å². The standard InChI is InChI=1S/C7H6O5/c8-3-1-2-5(7(11)12)4-6(9)10/h1-4H,(H,9,10)(H,11,12). The lowest BCUT2D eigenvalue weighted by atomic mass is 10.2. The fraction of sp³-hybridized carbons (Fsp3) is 0. The highest BCUT2D eigenvalue weighted by Gasteiger charge is 2.04. The summed E-state index contributed by atoms with van der Waals surface area (Å²) in [7, 11) is 0. The van der Waals surface area contributed by atoms with Gasteiger partial charge in [0.05, 0.1) is 5.57 Å². The topological polar surface area (TPSA) is 91.7 Å². The predicted molar refractivity (Wildman–Crippen MR) is 38.6 cm³/mol. The summed E-state index contributed by atoms with van der Waals surface area (Å²) in [6.45, 7) is 0. The summed E-state index contributed by atoms with van der Waals surface area (Å²) in [6.07, 6.45) is 2.67. The van der Waals surface area contributed by atoms with Crippen molar-refractivity contribution in [2.24, 2.45) is 0 Å². The molecule has 0 atom stereocenters. The molecule has 0 saturated heterocycles. The Morgan fingerprint density at radius 1 is 1.17 bits per heavy atom. The van der Waals surface area contributed by atoms with Gasteiger partial charge in [-0.15, -0.1) is 0 Å². The number of hydrogen-bond acceptors (Lipinski definition) is 3. The number of carbonyl (C=O) groups is 3. The second-order valence-electron chi connectivity index (χ2n) is 1.74. The van der Waals surface area contributed by atoms with Crippen LogP contribution in [0.1, 0.15) is 0 Å². The first-order valence-corrected chi connectivity index (χ1v) is 2.87. The number of carboxylic acid groups (broad SMARTS) is 2. The van der Waals surface area contributed by atoms with Crippen LogP contribution in [-0.4, -0.2) is 28.4 Å². The van der Waals surface area contributed by atoms with Gasteiger partial charge < -0.3 is 10.2 Å². The molecule has 12 heavy (non-hydrogen) atoms. The number of allylic oxidation sites excluding steroid dienone is 1. The van der Waals surface area contributed by atoms with Crippen LogP contribution in [-0.2, 0) is 14.4 Å². The van der Waals surface area contributed by atoms with Crippen LogP contribution in [0.2, 0.25) is 0 Å². The molecular weight excluding hydrogens is 164 g/mol. The lowest BCUT2D eigenvalue weighted by molar-refractivity contribution is -0.134. The number of hydrogen-bond donors (Lipinski definition) is 2. The lowest BCUT2D eigenvalue weighted by Gasteiger charge is -1.89. The van der Waals surface area contributed by atoms with Gasteiger partial charge in [-0.1, -0.05) is 0 Å². The minimum absolute atomic E-state index is 0.360. The van der Waals surface area contributed by atoms with Gasteiger partial charge >= 0.3 is 11.9 Å². The van der Waals surface area contributed by atoms with E-state index in [0.29, 0.717) is 12.4 Å². The van der Waals surface area contributed by atoms with E-state index in [9.17, 15) is 14.4 Å². The second kappa shape index (κ2) is 4.84. The highest BCUT2D eigenvalue weighted by molar-refractivity contribution is 5.97. The van der Waals surface area contributed by atoms with Crippen molar-refractivity contribution in [1.29, 1.82) is 0 Å². The maximum atomic E-state index is 10.2. The van der Waals surface area contributed by atoms with Gasteiger partial charge in [-0.2, -0.15) is 0 Å². The van der Waals surface area contributed by atoms with Gasteiger partial charge in [-0.25, -0.2) is 9.59 Å². The molecule has 0 aromatic heterocycles. The van der Waals surface area contributed by atoms with E-state index in [0.717, 1.165) is 12.2 Å². The minimum Gasteiger partial charge on any atom is -0.478 e. The van der Waals surface area contributed by atoms with Crippen LogP contribution in [0.25, 0.3) is 0 Å². The Bertz CT molecular complexity index is 261. The Morgan fingerprint density at radius 2 is 1.75 bits per heavy atom. The molecule has 0 rings (SSSR count). The van der Waals surface area contributed by atoms with Gasteiger partial charge in [0.25, 0.3) is 0 Å². The average Bonchev–Trinajstić information content (AvgIpc) is 1.96. The molecule has 0 bridgehead atoms. The number of rotatable bonds is 4. The van der Waals surface area contributed by atoms with Crippen molar-refractivity contribution >= 4 is 18.2 Å². The van der Waals surface area contributed by atoms with Crippen LogP contribution in [0.15, 0.2) is 23.8 Å². The van der Waals surface area contributed by atoms with Gasteiger partial charge in [-0.05, 0) is 12.2 Å². The molecule has 0 saturated carbocycles. The van der Waals surface area contributed by atoms with E-state index in [1.165, 1.54) is 0 Å². The zero-order valence-corrected chi connectivity index (χ0v) is 5.93. The van der Waals surface area contributed by atoms with Crippen molar-refractivity contribution in [3.63, 3.8) is 0 Å². The molecule has 2 N–H and O–H groups in total. The molecular formula is C7H6O5. The molecule has 0 unspecified atom stereocenters. The van der Waals surface area contributed by atoms with E-state index in [1.807, 2.05) is 0 Å². The fourth-order valence-electron chi connectivity index (χ4n) is 0.457. The lowest BCUT2D eigenvalue weighted by Crippen LogP contribution is -2.01. The molecule has 64 valence electrons. The molecule has 0 aliphatic heterocycles. The van der Waals surface area contributed by atoms with Gasteiger partial charge in [0.1, 0.15) is 6.29 Å². The number of carboxylic acids is 2. The summed E-state index contributed by atoms with van der Waals surface area (Å²) >= 11 is 0. The van der Waals surface area contributed by atoms with Gasteiger partial charge in [0.2, 0.25) is 0 Å². The van der Waals surface area contributed by atoms with Crippen molar-refractivity contribution in [1.82, 2.24) is 0 Å². The van der Waals surface area contributed by atoms with E-state index in [2.05, 4.69) is 0 Å². The average molecular weight is 170 g/mol. The van der Waals surface area contributed by atoms with E-state index in [4.69, 9.17) is 10.2 Å². The Balaban J connectivity index is 4.66. The Morgan fingerprint density at radius 3 is 2.08 bits per heavy atom. The largest absolute Gasteiger partial charge is 0.478 e. The molecule has 0 fully saturated rings. The number of carbonyl (C=O) groups excluding carboxylic acids is 1. The molecule has 0 amide bonds. The van der Waals surface area contributed by atoms with E-state index >= 15 is 0 Å². The molecule has 5 heteroatoms. The Kier molecular flexibility index (Phi) is 4.07. The summed E-state index contributed by atoms with van der Waals surface area (Å²) in [5.41, 5.74) is -0.449. The molecule has 0 aromatic rings. The maximum absolute atomic E-state index is 10.2. The number of aldehydes is 1. The molecule has 0 radical (unpaired) electrons. The van der Waals surface area contributed by atoms with Crippen LogP contribution >= 0.6 is 0 Å². The molecule has 0 heterocycles. The molecule has 0 aliphatic rings. The van der Waals surface area contributed by atoms with Crippen LogP contribution < -0.4 is 0 Å². The second-order valence-corrected chi connectivity index (χ2v) is 1.74. The minimum atomic E-state index is -1.39. The fourth-order valence-corrected chi connectivity index (χ4v) is 0.457. The van der Waals surface area contributed by atoms with Crippen LogP contribution in [0.4, 0.5) is 0 Å². The maximum Gasteiger partial charge on any atom is 0.335 e. The molecule has 0 aliphatic carbocycles. The van der Waals surface area contributed by atoms with E-state index in [1.54, 1.807) is 0 Å². The monoisotopic (exact) mass is 170 g/mol.